The van der Waals surface area contributed by atoms with Crippen LogP contribution in [0.1, 0.15) is 22.3 Å². The van der Waals surface area contributed by atoms with Crippen LogP contribution in [0.3, 0.4) is 0 Å². The first-order valence-corrected chi connectivity index (χ1v) is 7.84. The second kappa shape index (κ2) is 8.03. The minimum absolute atomic E-state index is 0.0364. The van der Waals surface area contributed by atoms with Crippen LogP contribution in [-0.4, -0.2) is 18.5 Å². The minimum Gasteiger partial charge on any atom is -0.455 e. The van der Waals surface area contributed by atoms with E-state index in [-0.39, 0.29) is 12.1 Å². The zero-order valence-electron chi connectivity index (χ0n) is 14.3. The van der Waals surface area contributed by atoms with E-state index in [0.717, 1.165) is 41.0 Å². The quantitative estimate of drug-likeness (QED) is 0.814. The molecule has 0 unspecified atom stereocenters. The molecule has 2 aromatic rings. The van der Waals surface area contributed by atoms with Crippen LogP contribution in [-0.2, 0) is 26.9 Å². The van der Waals surface area contributed by atoms with E-state index < -0.39 is 30.2 Å². The van der Waals surface area contributed by atoms with Crippen LogP contribution in [0.2, 0.25) is 0 Å². The van der Waals surface area contributed by atoms with Gasteiger partial charge in [0.05, 0.1) is 12.0 Å². The maximum Gasteiger partial charge on any atom is 0.416 e. The van der Waals surface area contributed by atoms with E-state index in [0.29, 0.717) is 0 Å². The first-order chi connectivity index (χ1) is 12.1. The molecular weight excluding hydrogens is 347 g/mol. The molecule has 0 saturated carbocycles. The lowest BCUT2D eigenvalue weighted by molar-refractivity contribution is -0.146. The molecule has 0 aromatic heterocycles. The number of amides is 1. The van der Waals surface area contributed by atoms with Gasteiger partial charge >= 0.3 is 12.1 Å². The largest absolute Gasteiger partial charge is 0.455 e. The number of nitrogens with one attached hydrogen (secondary N) is 1. The van der Waals surface area contributed by atoms with Gasteiger partial charge in [-0.25, -0.2) is 0 Å². The van der Waals surface area contributed by atoms with E-state index in [9.17, 15) is 22.8 Å². The lowest BCUT2D eigenvalue weighted by atomic mass is 10.0. The second-order valence-electron chi connectivity index (χ2n) is 5.88. The summed E-state index contributed by atoms with van der Waals surface area (Å²) in [5.74, 6) is -1.19. The fourth-order valence-electron chi connectivity index (χ4n) is 2.22. The molecule has 2 aromatic carbocycles. The number of benzene rings is 2. The Balaban J connectivity index is 1.82. The van der Waals surface area contributed by atoms with Gasteiger partial charge in [0.1, 0.15) is 0 Å². The molecule has 0 saturated heterocycles. The summed E-state index contributed by atoms with van der Waals surface area (Å²) in [6.45, 7) is 3.38. The highest BCUT2D eigenvalue weighted by Crippen LogP contribution is 2.29. The number of esters is 1. The third-order valence-electron chi connectivity index (χ3n) is 3.78. The van der Waals surface area contributed by atoms with E-state index >= 15 is 0 Å². The molecule has 0 bridgehead atoms. The van der Waals surface area contributed by atoms with E-state index in [1.165, 1.54) is 0 Å². The number of hydrogen-bond donors (Lipinski definition) is 1. The number of aryl methyl sites for hydroxylation is 2. The summed E-state index contributed by atoms with van der Waals surface area (Å²) in [6, 6.07) is 9.58. The SMILES string of the molecule is Cc1ccc(CC(=O)OCC(=O)Nc2ccc(C(F)(F)F)cc2)cc1C. The predicted molar refractivity (Wildman–Crippen MR) is 90.7 cm³/mol. The molecule has 4 nitrogen and oxygen atoms in total. The Kier molecular flexibility index (Phi) is 6.02. The summed E-state index contributed by atoms with van der Waals surface area (Å²) in [6.07, 6.45) is -4.40. The molecule has 0 aliphatic heterocycles. The maximum atomic E-state index is 12.5. The van der Waals surface area contributed by atoms with Crippen LogP contribution in [0, 0.1) is 13.8 Å². The van der Waals surface area contributed by atoms with Gasteiger partial charge in [0.15, 0.2) is 6.61 Å². The highest BCUT2D eigenvalue weighted by Gasteiger charge is 2.29. The third kappa shape index (κ3) is 5.61. The van der Waals surface area contributed by atoms with Crippen molar-refractivity contribution in [1.82, 2.24) is 0 Å². The predicted octanol–water partition coefficient (Wildman–Crippen LogP) is 4.05. The smallest absolute Gasteiger partial charge is 0.416 e. The number of alkyl halides is 3. The van der Waals surface area contributed by atoms with Crippen LogP contribution < -0.4 is 5.32 Å². The molecule has 1 N–H and O–H groups in total. The zero-order valence-corrected chi connectivity index (χ0v) is 14.3. The van der Waals surface area contributed by atoms with Crippen LogP contribution in [0.5, 0.6) is 0 Å². The molecule has 0 atom stereocenters. The van der Waals surface area contributed by atoms with E-state index in [2.05, 4.69) is 5.32 Å². The first kappa shape index (κ1) is 19.5. The average Bonchev–Trinajstić information content (AvgIpc) is 2.56. The van der Waals surface area contributed by atoms with Crippen molar-refractivity contribution in [1.29, 1.82) is 0 Å². The molecule has 7 heteroatoms. The van der Waals surface area contributed by atoms with Crippen molar-refractivity contribution >= 4 is 17.6 Å². The van der Waals surface area contributed by atoms with Gasteiger partial charge in [0.2, 0.25) is 0 Å². The second-order valence-corrected chi connectivity index (χ2v) is 5.88. The Hall–Kier alpha value is -2.83. The summed E-state index contributed by atoms with van der Waals surface area (Å²) < 4.78 is 42.3. The van der Waals surface area contributed by atoms with Crippen LogP contribution in [0.25, 0.3) is 0 Å². The molecule has 0 radical (unpaired) electrons. The van der Waals surface area contributed by atoms with Gasteiger partial charge in [0.25, 0.3) is 5.91 Å². The van der Waals surface area contributed by atoms with Crippen molar-refractivity contribution in [3.8, 4) is 0 Å². The number of carbonyl (C=O) groups excluding carboxylic acids is 2. The molecule has 0 heterocycles. The van der Waals surface area contributed by atoms with E-state index in [1.54, 1.807) is 0 Å². The molecule has 0 fully saturated rings. The molecule has 1 amide bonds. The van der Waals surface area contributed by atoms with Gasteiger partial charge in [-0.15, -0.1) is 0 Å². The summed E-state index contributed by atoms with van der Waals surface area (Å²) in [5, 5.41) is 2.37. The summed E-state index contributed by atoms with van der Waals surface area (Å²) in [4.78, 5) is 23.5. The van der Waals surface area contributed by atoms with Crippen molar-refractivity contribution < 1.29 is 27.5 Å². The Labute approximate surface area is 149 Å². The molecule has 0 spiro atoms. The lowest BCUT2D eigenvalue weighted by Gasteiger charge is -2.09. The van der Waals surface area contributed by atoms with Crippen LogP contribution in [0.15, 0.2) is 42.5 Å². The Morgan fingerprint density at radius 3 is 2.23 bits per heavy atom. The minimum atomic E-state index is -4.44. The Morgan fingerprint density at radius 2 is 1.65 bits per heavy atom. The summed E-state index contributed by atoms with van der Waals surface area (Å²) in [7, 11) is 0. The van der Waals surface area contributed by atoms with Crippen molar-refractivity contribution in [3.63, 3.8) is 0 Å². The highest BCUT2D eigenvalue weighted by atomic mass is 19.4. The van der Waals surface area contributed by atoms with Crippen molar-refractivity contribution in [2.45, 2.75) is 26.4 Å². The number of anilines is 1. The fraction of sp³-hybridized carbons (Fsp3) is 0.263. The molecular formula is C19H18F3NO3. The normalized spacial score (nSPS) is 11.1. The van der Waals surface area contributed by atoms with Crippen LogP contribution in [0.4, 0.5) is 18.9 Å². The lowest BCUT2D eigenvalue weighted by Crippen LogP contribution is -2.21. The van der Waals surface area contributed by atoms with E-state index in [4.69, 9.17) is 4.74 Å². The molecule has 26 heavy (non-hydrogen) atoms. The molecule has 2 rings (SSSR count). The third-order valence-corrected chi connectivity index (χ3v) is 3.78. The van der Waals surface area contributed by atoms with Gasteiger partial charge < -0.3 is 10.1 Å². The fourth-order valence-corrected chi connectivity index (χ4v) is 2.22. The standard InChI is InChI=1S/C19H18F3NO3/c1-12-3-4-14(9-13(12)2)10-18(25)26-11-17(24)23-16-7-5-15(6-8-16)19(20,21)22/h3-9H,10-11H2,1-2H3,(H,23,24). The number of halogens is 3. The highest BCUT2D eigenvalue weighted by molar-refractivity contribution is 5.92. The summed E-state index contributed by atoms with van der Waals surface area (Å²) >= 11 is 0. The van der Waals surface area contributed by atoms with Crippen LogP contribution >= 0.6 is 0 Å². The molecule has 0 aliphatic carbocycles. The van der Waals surface area contributed by atoms with Gasteiger partial charge in [-0.1, -0.05) is 18.2 Å². The molecule has 0 aliphatic rings. The maximum absolute atomic E-state index is 12.5. The number of carbonyl (C=O) groups is 2. The van der Waals surface area contributed by atoms with E-state index in [1.807, 2.05) is 32.0 Å². The number of hydrogen-bond acceptors (Lipinski definition) is 3. The van der Waals surface area contributed by atoms with Crippen molar-refractivity contribution in [3.05, 3.63) is 64.7 Å². The van der Waals surface area contributed by atoms with Gasteiger partial charge in [-0.3, -0.25) is 9.59 Å². The first-order valence-electron chi connectivity index (χ1n) is 7.84. The van der Waals surface area contributed by atoms with Crippen molar-refractivity contribution in [2.75, 3.05) is 11.9 Å². The van der Waals surface area contributed by atoms with Gasteiger partial charge in [-0.2, -0.15) is 13.2 Å². The topological polar surface area (TPSA) is 55.4 Å². The van der Waals surface area contributed by atoms with Gasteiger partial charge in [-0.05, 0) is 54.8 Å². The average molecular weight is 365 g/mol. The van der Waals surface area contributed by atoms with Gasteiger partial charge in [0, 0.05) is 5.69 Å². The number of rotatable bonds is 5. The Bertz CT molecular complexity index is 799. The zero-order chi connectivity index (χ0) is 19.3. The Morgan fingerprint density at radius 1 is 1.00 bits per heavy atom. The molecule has 138 valence electrons. The number of ether oxygens (including phenoxy) is 1. The summed E-state index contributed by atoms with van der Waals surface area (Å²) in [5.41, 5.74) is 2.32. The van der Waals surface area contributed by atoms with Crippen molar-refractivity contribution in [2.24, 2.45) is 0 Å². The monoisotopic (exact) mass is 365 g/mol.